The second-order valence-electron chi connectivity index (χ2n) is 7.61. The second-order valence-corrected chi connectivity index (χ2v) is 9.92. The van der Waals surface area contributed by atoms with E-state index in [-0.39, 0.29) is 24.9 Å². The molecule has 3 heterocycles. The van der Waals surface area contributed by atoms with Gasteiger partial charge in [-0.1, -0.05) is 6.92 Å². The summed E-state index contributed by atoms with van der Waals surface area (Å²) in [7, 11) is -2.80. The third-order valence-corrected chi connectivity index (χ3v) is 7.35. The number of likely N-dealkylation sites (tertiary alicyclic amines) is 1. The Kier molecular flexibility index (Phi) is 12.5. The minimum Gasteiger partial charge on any atom is -0.483 e. The van der Waals surface area contributed by atoms with Gasteiger partial charge in [0, 0.05) is 57.0 Å². The highest BCUT2D eigenvalue weighted by molar-refractivity contribution is 7.91. The van der Waals surface area contributed by atoms with Gasteiger partial charge in [-0.15, -0.1) is 0 Å². The molecule has 2 fully saturated rings. The largest absolute Gasteiger partial charge is 0.483 e. The number of hydrogen-bond acceptors (Lipinski definition) is 7. The fraction of sp³-hybridized carbons (Fsp3) is 0.700. The van der Waals surface area contributed by atoms with Crippen LogP contribution in [-0.4, -0.2) is 88.6 Å². The van der Waals surface area contributed by atoms with Gasteiger partial charge in [-0.05, 0) is 25.7 Å². The van der Waals surface area contributed by atoms with Crippen LogP contribution in [0.5, 0.6) is 0 Å². The third kappa shape index (κ3) is 9.77. The summed E-state index contributed by atoms with van der Waals surface area (Å²) in [6.07, 6.45) is 8.45. The van der Waals surface area contributed by atoms with Crippen molar-refractivity contribution in [1.82, 2.24) is 19.8 Å². The first-order valence-corrected chi connectivity index (χ1v) is 12.5. The molecule has 3 rings (SSSR count). The smallest absolute Gasteiger partial charge is 0.290 e. The Morgan fingerprint density at radius 3 is 2.25 bits per heavy atom. The minimum atomic E-state index is -2.80. The van der Waals surface area contributed by atoms with E-state index in [0.29, 0.717) is 30.5 Å². The molecule has 1 aromatic heterocycles. The Labute approximate surface area is 188 Å². The highest BCUT2D eigenvalue weighted by atomic mass is 32.2. The van der Waals surface area contributed by atoms with Gasteiger partial charge < -0.3 is 25.0 Å². The summed E-state index contributed by atoms with van der Waals surface area (Å²) in [6.45, 7) is 4.12. The van der Waals surface area contributed by atoms with Gasteiger partial charge in [0.2, 0.25) is 5.91 Å². The van der Waals surface area contributed by atoms with Gasteiger partial charge in [0.25, 0.3) is 12.9 Å². The van der Waals surface area contributed by atoms with Gasteiger partial charge in [0.15, 0.2) is 0 Å². The zero-order valence-corrected chi connectivity index (χ0v) is 19.2. The van der Waals surface area contributed by atoms with Crippen molar-refractivity contribution in [1.29, 1.82) is 0 Å². The number of piperidine rings is 1. The van der Waals surface area contributed by atoms with Crippen molar-refractivity contribution in [3.63, 3.8) is 0 Å². The van der Waals surface area contributed by atoms with E-state index in [1.807, 2.05) is 10.8 Å². The lowest BCUT2D eigenvalue weighted by molar-refractivity contribution is -0.123. The number of nitrogens with zero attached hydrogens (tertiary/aromatic N) is 3. The zero-order chi connectivity index (χ0) is 24.0. The summed E-state index contributed by atoms with van der Waals surface area (Å²) in [6, 6.07) is 0.628. The maximum Gasteiger partial charge on any atom is 0.290 e. The summed E-state index contributed by atoms with van der Waals surface area (Å²) >= 11 is 0. The first kappa shape index (κ1) is 27.6. The topological polar surface area (TPSA) is 159 Å². The number of carbonyl (C=O) groups excluding carboxylic acids is 1. The molecule has 0 aliphatic carbocycles. The van der Waals surface area contributed by atoms with Crippen molar-refractivity contribution < 1.29 is 33.0 Å². The van der Waals surface area contributed by atoms with Crippen LogP contribution in [0, 0.1) is 0 Å². The van der Waals surface area contributed by atoms with Crippen LogP contribution in [0.25, 0.3) is 0 Å². The van der Waals surface area contributed by atoms with Crippen LogP contribution in [0.4, 0.5) is 0 Å². The molecule has 0 bridgehead atoms. The first-order valence-electron chi connectivity index (χ1n) is 10.7. The van der Waals surface area contributed by atoms with E-state index in [4.69, 9.17) is 19.8 Å². The summed E-state index contributed by atoms with van der Waals surface area (Å²) in [5.41, 5.74) is 0. The molecule has 0 aromatic carbocycles. The number of carbonyl (C=O) groups is 3. The molecule has 2 aliphatic heterocycles. The van der Waals surface area contributed by atoms with E-state index < -0.39 is 9.84 Å². The molecule has 2 saturated heterocycles. The van der Waals surface area contributed by atoms with E-state index >= 15 is 0 Å². The predicted octanol–water partition coefficient (Wildman–Crippen LogP) is 0.395. The van der Waals surface area contributed by atoms with Gasteiger partial charge in [0.05, 0.1) is 11.5 Å². The molecule has 3 N–H and O–H groups in total. The zero-order valence-electron chi connectivity index (χ0n) is 18.4. The van der Waals surface area contributed by atoms with Gasteiger partial charge in [0.1, 0.15) is 15.7 Å². The fourth-order valence-corrected chi connectivity index (χ4v) is 5.50. The van der Waals surface area contributed by atoms with E-state index in [1.54, 1.807) is 6.20 Å². The van der Waals surface area contributed by atoms with Crippen molar-refractivity contribution in [3.8, 4) is 0 Å². The maximum atomic E-state index is 12.2. The summed E-state index contributed by atoms with van der Waals surface area (Å²) < 4.78 is 25.2. The lowest BCUT2D eigenvalue weighted by Crippen LogP contribution is -2.49. The van der Waals surface area contributed by atoms with Crippen molar-refractivity contribution in [2.24, 2.45) is 0 Å². The molecular weight excluding hydrogens is 440 g/mol. The number of rotatable bonds is 6. The average Bonchev–Trinajstić information content (AvgIpc) is 3.22. The van der Waals surface area contributed by atoms with Gasteiger partial charge in [-0.2, -0.15) is 0 Å². The molecule has 0 spiro atoms. The molecule has 0 radical (unpaired) electrons. The van der Waals surface area contributed by atoms with Crippen molar-refractivity contribution in [3.05, 3.63) is 18.2 Å². The van der Waals surface area contributed by atoms with Gasteiger partial charge in [-0.3, -0.25) is 14.4 Å². The Morgan fingerprint density at radius 2 is 1.72 bits per heavy atom. The number of imidazole rings is 1. The van der Waals surface area contributed by atoms with E-state index in [1.165, 1.54) is 0 Å². The Hall–Kier alpha value is -2.47. The predicted molar refractivity (Wildman–Crippen MR) is 118 cm³/mol. The van der Waals surface area contributed by atoms with Crippen LogP contribution in [0.1, 0.15) is 44.9 Å². The minimum absolute atomic E-state index is 0.1000. The van der Waals surface area contributed by atoms with Gasteiger partial charge in [-0.25, -0.2) is 13.4 Å². The molecule has 2 aliphatic rings. The van der Waals surface area contributed by atoms with Crippen LogP contribution in [0.3, 0.4) is 0 Å². The van der Waals surface area contributed by atoms with Crippen LogP contribution in [0.2, 0.25) is 0 Å². The quantitative estimate of drug-likeness (QED) is 0.496. The molecule has 0 atom stereocenters. The third-order valence-electron chi connectivity index (χ3n) is 5.63. The summed E-state index contributed by atoms with van der Waals surface area (Å²) in [5.74, 6) is 1.76. The number of nitrogens with one attached hydrogen (secondary N) is 1. The highest BCUT2D eigenvalue weighted by Gasteiger charge is 2.30. The number of sulfone groups is 1. The standard InChI is InChI=1S/C18H30N4O3S.2CH2O2/c1-2-17-19-8-12-22(17)11-5-18(23)20-15-3-9-21(10-4-15)16-6-13-26(24,25)14-7-16;2*2-1-3/h8,12,15-16H,2-7,9-11,13-14H2,1H3,(H,20,23);2*1H,(H,2,3). The Morgan fingerprint density at radius 1 is 1.16 bits per heavy atom. The van der Waals surface area contributed by atoms with Crippen LogP contribution in [-0.2, 0) is 37.2 Å². The number of carboxylic acid groups (broad SMARTS) is 2. The normalized spacial score (nSPS) is 18.9. The monoisotopic (exact) mass is 474 g/mol. The lowest BCUT2D eigenvalue weighted by atomic mass is 10.0. The lowest BCUT2D eigenvalue weighted by Gasteiger charge is -2.39. The molecule has 12 heteroatoms. The molecule has 11 nitrogen and oxygen atoms in total. The molecule has 1 amide bonds. The summed E-state index contributed by atoms with van der Waals surface area (Å²) in [5, 5.41) is 16.9. The van der Waals surface area contributed by atoms with E-state index in [2.05, 4.69) is 22.1 Å². The fourth-order valence-electron chi connectivity index (χ4n) is 4.03. The van der Waals surface area contributed by atoms with E-state index in [9.17, 15) is 13.2 Å². The number of amides is 1. The number of aromatic nitrogens is 2. The number of aryl methyl sites for hydroxylation is 2. The SMILES string of the molecule is CCc1nccn1CCC(=O)NC1CCN(C2CCS(=O)(=O)CC2)CC1.O=CO.O=CO. The van der Waals surface area contributed by atoms with Gasteiger partial charge >= 0.3 is 0 Å². The first-order chi connectivity index (χ1) is 15.3. The molecular formula is C20H34N4O7S. The summed E-state index contributed by atoms with van der Waals surface area (Å²) in [4.78, 5) is 35.6. The highest BCUT2D eigenvalue weighted by Crippen LogP contribution is 2.22. The van der Waals surface area contributed by atoms with Crippen LogP contribution in [0.15, 0.2) is 12.4 Å². The molecule has 182 valence electrons. The number of hydrogen-bond donors (Lipinski definition) is 3. The molecule has 32 heavy (non-hydrogen) atoms. The molecule has 0 unspecified atom stereocenters. The van der Waals surface area contributed by atoms with E-state index in [0.717, 1.165) is 51.0 Å². The Balaban J connectivity index is 0.000000769. The van der Waals surface area contributed by atoms with Crippen LogP contribution < -0.4 is 5.32 Å². The van der Waals surface area contributed by atoms with Crippen molar-refractivity contribution in [2.75, 3.05) is 24.6 Å². The molecule has 1 aromatic rings. The second kappa shape index (κ2) is 14.6. The maximum absolute atomic E-state index is 12.2. The van der Waals surface area contributed by atoms with Crippen molar-refractivity contribution in [2.45, 2.75) is 64.1 Å². The van der Waals surface area contributed by atoms with Crippen LogP contribution >= 0.6 is 0 Å². The van der Waals surface area contributed by atoms with Crippen molar-refractivity contribution >= 4 is 28.7 Å². The molecule has 0 saturated carbocycles. The Bertz CT molecular complexity index is 785. The average molecular weight is 475 g/mol.